The molecule has 0 heterocycles. The van der Waals surface area contributed by atoms with E-state index in [1.54, 1.807) is 13.8 Å². The summed E-state index contributed by atoms with van der Waals surface area (Å²) in [7, 11) is 0. The maximum atomic E-state index is 9.53. The van der Waals surface area contributed by atoms with E-state index in [2.05, 4.69) is 0 Å². The van der Waals surface area contributed by atoms with E-state index < -0.39 is 6.10 Å². The Bertz CT molecular complexity index is 11.6. The Hall–Kier alpha value is 0.492. The van der Waals surface area contributed by atoms with Crippen LogP contribution in [0.2, 0.25) is 0 Å². The summed E-state index contributed by atoms with van der Waals surface area (Å²) in [5.74, 6) is 0. The summed E-state index contributed by atoms with van der Waals surface area (Å²) in [6, 6.07) is 0. The summed E-state index contributed by atoms with van der Waals surface area (Å²) in [6.07, 6.45) is -0.417. The first kappa shape index (κ1) is 9.09. The van der Waals surface area contributed by atoms with Crippen molar-refractivity contribution in [2.45, 2.75) is 20.0 Å². The summed E-state index contributed by atoms with van der Waals surface area (Å²) >= 11 is 0. The van der Waals surface area contributed by atoms with Gasteiger partial charge in [-0.15, -0.1) is 0 Å². The molecule has 0 bridgehead atoms. The van der Waals surface area contributed by atoms with Crippen LogP contribution in [0, 0.1) is 0 Å². The molecule has 0 N–H and O–H groups in total. The third kappa shape index (κ3) is 115. The molecule has 0 aliphatic heterocycles. The monoisotopic (exact) mass is 89.1 g/mol. The van der Waals surface area contributed by atoms with Crippen LogP contribution in [0.25, 0.3) is 0 Å². The van der Waals surface area contributed by atoms with Crippen molar-refractivity contribution in [3.8, 4) is 0 Å². The predicted octanol–water partition coefficient (Wildman–Crippen LogP) is -0.359. The Kier molecular flexibility index (Phi) is 8.17. The minimum absolute atomic E-state index is 0. The fourth-order valence-electron chi connectivity index (χ4n) is 0. The zero-order valence-electron chi connectivity index (χ0n) is 2.99. The van der Waals surface area contributed by atoms with E-state index in [9.17, 15) is 5.11 Å². The molecule has 0 saturated carbocycles. The van der Waals surface area contributed by atoms with E-state index >= 15 is 0 Å². The lowest BCUT2D eigenvalue weighted by atomic mass is 10.5. The van der Waals surface area contributed by atoms with Gasteiger partial charge in [0.1, 0.15) is 0 Å². The lowest BCUT2D eigenvalue weighted by molar-refractivity contribution is 0.122. The molecule has 0 aromatic rings. The van der Waals surface area contributed by atoms with Crippen LogP contribution in [0.15, 0.2) is 0 Å². The van der Waals surface area contributed by atoms with Gasteiger partial charge in [0, 0.05) is 0 Å². The van der Waals surface area contributed by atoms with Crippen molar-refractivity contribution in [3.63, 3.8) is 0 Å². The molecule has 0 aromatic heterocycles. The number of hydrogen-bond acceptors (Lipinski definition) is 0. The molecule has 1 radical (unpaired) electrons. The normalized spacial score (nSPS) is 7.20. The zero-order chi connectivity index (χ0) is 3.58. The van der Waals surface area contributed by atoms with Gasteiger partial charge in [-0.1, -0.05) is 0 Å². The third-order valence-corrected chi connectivity index (χ3v) is 0. The highest BCUT2D eigenvalue weighted by Crippen LogP contribution is 1.67. The van der Waals surface area contributed by atoms with Crippen LogP contribution in [-0.4, -0.2) is 23.5 Å². The fourth-order valence-corrected chi connectivity index (χ4v) is 0. The molecule has 0 aromatic carbocycles. The van der Waals surface area contributed by atoms with Crippen molar-refractivity contribution in [2.75, 3.05) is 0 Å². The minimum atomic E-state index is -0.417. The van der Waals surface area contributed by atoms with Crippen LogP contribution in [0.1, 0.15) is 13.8 Å². The van der Waals surface area contributed by atoms with E-state index in [-0.39, 0.29) is 17.4 Å². The van der Waals surface area contributed by atoms with Crippen molar-refractivity contribution < 1.29 is 5.11 Å². The van der Waals surface area contributed by atoms with E-state index in [1.165, 1.54) is 0 Å². The Balaban J connectivity index is 0. The fraction of sp³-hybridized carbons (Fsp3) is 1.00. The number of hydrogen-bond donors (Lipinski definition) is 0. The molecule has 1 nitrogen and oxygen atoms in total. The lowest BCUT2D eigenvalue weighted by Crippen LogP contribution is -1.81. The summed E-state index contributed by atoms with van der Waals surface area (Å²) in [6.45, 7) is 3.22. The van der Waals surface area contributed by atoms with Crippen molar-refractivity contribution >= 4 is 17.4 Å². The highest BCUT2D eigenvalue weighted by Gasteiger charge is 1.73. The second kappa shape index (κ2) is 4.49. The van der Waals surface area contributed by atoms with Gasteiger partial charge >= 0.3 is 0 Å². The maximum Gasteiger partial charge on any atom is 0.187 e. The lowest BCUT2D eigenvalue weighted by Gasteiger charge is -1.74. The highest BCUT2D eigenvalue weighted by atomic mass is 27.0. The smallest absolute Gasteiger partial charge is 0.187 e. The van der Waals surface area contributed by atoms with E-state index in [4.69, 9.17) is 0 Å². The minimum Gasteiger partial charge on any atom is -0.234 e. The quantitative estimate of drug-likeness (QED) is 0.361. The van der Waals surface area contributed by atoms with E-state index in [0.29, 0.717) is 0 Å². The molecular weight excluding hydrogens is 79.0 g/mol. The van der Waals surface area contributed by atoms with Crippen LogP contribution in [0.3, 0.4) is 0 Å². The second-order valence-corrected chi connectivity index (χ2v) is 1.05. The van der Waals surface area contributed by atoms with Crippen molar-refractivity contribution in [1.82, 2.24) is 0 Å². The van der Waals surface area contributed by atoms with E-state index in [1.807, 2.05) is 0 Å². The van der Waals surface area contributed by atoms with Gasteiger partial charge in [-0.05, 0) is 13.8 Å². The van der Waals surface area contributed by atoms with Crippen molar-refractivity contribution in [1.29, 1.82) is 0 Å². The maximum absolute atomic E-state index is 9.53. The molecule has 0 unspecified atom stereocenters. The first-order valence-corrected chi connectivity index (χ1v) is 1.39. The van der Waals surface area contributed by atoms with Crippen LogP contribution in [0.5, 0.6) is 0 Å². The average molecular weight is 89.1 g/mol. The third-order valence-electron chi connectivity index (χ3n) is 0. The zero-order valence-corrected chi connectivity index (χ0v) is 2.99. The summed E-state index contributed by atoms with van der Waals surface area (Å²) < 4.78 is 0. The molecule has 0 aliphatic rings. The highest BCUT2D eigenvalue weighted by molar-refractivity contribution is 5.75. The Morgan fingerprint density at radius 3 is 1.40 bits per heavy atom. The van der Waals surface area contributed by atoms with Crippen LogP contribution in [-0.2, 0) is 5.11 Å². The topological polar surface area (TPSA) is 19.9 Å². The Labute approximate surface area is 43.1 Å². The van der Waals surface area contributed by atoms with Crippen molar-refractivity contribution in [3.05, 3.63) is 0 Å². The van der Waals surface area contributed by atoms with Gasteiger partial charge < -0.3 is 0 Å². The van der Waals surface area contributed by atoms with Crippen LogP contribution in [0.4, 0.5) is 0 Å². The average Bonchev–Trinajstić information content (AvgIpc) is 0.811. The van der Waals surface area contributed by atoms with Gasteiger partial charge in [-0.3, -0.25) is 0 Å². The molecule has 0 amide bonds. The van der Waals surface area contributed by atoms with Gasteiger partial charge in [-0.25, -0.2) is 5.11 Å². The predicted molar refractivity (Wildman–Crippen MR) is 25.8 cm³/mol. The van der Waals surface area contributed by atoms with Gasteiger partial charge in [0.05, 0.1) is 6.10 Å². The Morgan fingerprint density at radius 2 is 1.40 bits per heavy atom. The van der Waals surface area contributed by atoms with Gasteiger partial charge in [-0.2, -0.15) is 0 Å². The van der Waals surface area contributed by atoms with Gasteiger partial charge in [0.2, 0.25) is 0 Å². The molecular formula is C3H10AlO. The Morgan fingerprint density at radius 1 is 1.40 bits per heavy atom. The summed E-state index contributed by atoms with van der Waals surface area (Å²) in [5, 5.41) is 9.53. The van der Waals surface area contributed by atoms with E-state index in [0.717, 1.165) is 0 Å². The standard InChI is InChI=1S/C3H7O.Al.3H/c1-3(2)4;;;;/h3H,1-2H3;;;;. The molecule has 2 heteroatoms. The number of rotatable bonds is 0. The first-order chi connectivity index (χ1) is 1.73. The SMILES string of the molecule is CC(C)[O].[AlH3]. The molecule has 0 atom stereocenters. The molecule has 0 rings (SSSR count). The van der Waals surface area contributed by atoms with Gasteiger partial charge in [0.15, 0.2) is 17.4 Å². The summed E-state index contributed by atoms with van der Waals surface area (Å²) in [5.41, 5.74) is 0. The summed E-state index contributed by atoms with van der Waals surface area (Å²) in [4.78, 5) is 0. The molecule has 0 spiro atoms. The molecule has 31 valence electrons. The first-order valence-electron chi connectivity index (χ1n) is 1.39. The van der Waals surface area contributed by atoms with Crippen LogP contribution < -0.4 is 0 Å². The van der Waals surface area contributed by atoms with Gasteiger partial charge in [0.25, 0.3) is 0 Å². The molecule has 0 aliphatic carbocycles. The van der Waals surface area contributed by atoms with Crippen LogP contribution >= 0.6 is 0 Å². The molecule has 0 fully saturated rings. The second-order valence-electron chi connectivity index (χ2n) is 1.05. The van der Waals surface area contributed by atoms with Crippen molar-refractivity contribution in [2.24, 2.45) is 0 Å². The largest absolute Gasteiger partial charge is 0.234 e. The molecule has 0 saturated heterocycles. The molecule has 5 heavy (non-hydrogen) atoms.